The largest absolute Gasteiger partial charge is 0.469 e. The summed E-state index contributed by atoms with van der Waals surface area (Å²) in [5.74, 6) is -0.847. The minimum absolute atomic E-state index is 0.0516. The fourth-order valence-corrected chi connectivity index (χ4v) is 3.53. The Bertz CT molecular complexity index is 884. The van der Waals surface area contributed by atoms with Crippen molar-refractivity contribution in [1.29, 1.82) is 5.26 Å². The van der Waals surface area contributed by atoms with Crippen molar-refractivity contribution in [2.24, 2.45) is 11.8 Å². The molecule has 1 aromatic carbocycles. The predicted octanol–water partition coefficient (Wildman–Crippen LogP) is 0.860. The smallest absolute Gasteiger partial charge is 0.309 e. The molecule has 0 bridgehead atoms. The fourth-order valence-electron chi connectivity index (χ4n) is 3.53. The highest BCUT2D eigenvalue weighted by Gasteiger charge is 2.31. The van der Waals surface area contributed by atoms with Crippen molar-refractivity contribution in [3.05, 3.63) is 53.6 Å². The second-order valence-electron chi connectivity index (χ2n) is 7.17. The van der Waals surface area contributed by atoms with Crippen LogP contribution < -0.4 is 10.6 Å². The minimum Gasteiger partial charge on any atom is -0.469 e. The number of imidazole rings is 1. The van der Waals surface area contributed by atoms with Crippen LogP contribution in [0.5, 0.6) is 0 Å². The molecule has 1 aliphatic rings. The lowest BCUT2D eigenvalue weighted by Crippen LogP contribution is -2.46. The number of methoxy groups -OCH3 is 1. The Labute approximate surface area is 169 Å². The van der Waals surface area contributed by atoms with Gasteiger partial charge < -0.3 is 19.9 Å². The zero-order valence-electron chi connectivity index (χ0n) is 16.4. The monoisotopic (exact) mass is 395 g/mol. The molecule has 1 aliphatic heterocycles. The highest BCUT2D eigenvalue weighted by Crippen LogP contribution is 2.18. The number of piperidine rings is 1. The summed E-state index contributed by atoms with van der Waals surface area (Å²) in [5.41, 5.74) is 2.73. The van der Waals surface area contributed by atoms with Gasteiger partial charge in [0.1, 0.15) is 0 Å². The van der Waals surface area contributed by atoms with Gasteiger partial charge in [-0.05, 0) is 24.1 Å². The van der Waals surface area contributed by atoms with E-state index < -0.39 is 0 Å². The van der Waals surface area contributed by atoms with Gasteiger partial charge in [0.25, 0.3) is 0 Å². The van der Waals surface area contributed by atoms with Gasteiger partial charge in [0.15, 0.2) is 0 Å². The van der Waals surface area contributed by atoms with Gasteiger partial charge in [-0.2, -0.15) is 5.26 Å². The van der Waals surface area contributed by atoms with E-state index in [1.165, 1.54) is 7.11 Å². The van der Waals surface area contributed by atoms with Gasteiger partial charge in [-0.25, -0.2) is 4.98 Å². The molecule has 0 spiro atoms. The van der Waals surface area contributed by atoms with Crippen molar-refractivity contribution < 1.29 is 14.3 Å². The molecule has 0 unspecified atom stereocenters. The molecular weight excluding hydrogens is 370 g/mol. The van der Waals surface area contributed by atoms with Crippen LogP contribution in [0.3, 0.4) is 0 Å². The van der Waals surface area contributed by atoms with Crippen LogP contribution >= 0.6 is 0 Å². The maximum atomic E-state index is 12.5. The van der Waals surface area contributed by atoms with Gasteiger partial charge in [-0.3, -0.25) is 9.59 Å². The number of carbonyl (C=O) groups is 2. The molecule has 8 heteroatoms. The van der Waals surface area contributed by atoms with Gasteiger partial charge in [-0.1, -0.05) is 12.1 Å². The van der Waals surface area contributed by atoms with Crippen molar-refractivity contribution in [1.82, 2.24) is 20.2 Å². The maximum absolute atomic E-state index is 12.5. The van der Waals surface area contributed by atoms with Gasteiger partial charge >= 0.3 is 5.97 Å². The van der Waals surface area contributed by atoms with E-state index in [9.17, 15) is 9.59 Å². The van der Waals surface area contributed by atoms with Gasteiger partial charge in [-0.15, -0.1) is 0 Å². The Morgan fingerprint density at radius 2 is 2.07 bits per heavy atom. The number of rotatable bonds is 7. The molecule has 2 aromatic rings. The van der Waals surface area contributed by atoms with E-state index in [-0.39, 0.29) is 23.7 Å². The average molecular weight is 395 g/mol. The number of ether oxygens (including phenoxy) is 1. The van der Waals surface area contributed by atoms with E-state index in [4.69, 9.17) is 10.00 Å². The number of nitrogens with zero attached hydrogens (tertiary/aromatic N) is 3. The first-order chi connectivity index (χ1) is 14.1. The Morgan fingerprint density at radius 3 is 2.79 bits per heavy atom. The third-order valence-corrected chi connectivity index (χ3v) is 5.17. The summed E-state index contributed by atoms with van der Waals surface area (Å²) < 4.78 is 6.82. The topological polar surface area (TPSA) is 109 Å². The SMILES string of the molecule is COC(=O)[C@@H]1CNC[C@H](C(=O)NCCc2cncn2Cc2ccc(C#N)cc2)C1. The lowest BCUT2D eigenvalue weighted by molar-refractivity contribution is -0.147. The van der Waals surface area contributed by atoms with E-state index in [1.807, 2.05) is 16.7 Å². The summed E-state index contributed by atoms with van der Waals surface area (Å²) in [6.07, 6.45) is 4.72. The molecule has 1 aromatic heterocycles. The molecule has 2 N–H and O–H groups in total. The second-order valence-corrected chi connectivity index (χ2v) is 7.17. The first kappa shape index (κ1) is 20.6. The summed E-state index contributed by atoms with van der Waals surface area (Å²) in [7, 11) is 1.37. The molecule has 1 amide bonds. The van der Waals surface area contributed by atoms with Crippen LogP contribution in [-0.4, -0.2) is 48.2 Å². The molecule has 3 rings (SSSR count). The second kappa shape index (κ2) is 9.85. The highest BCUT2D eigenvalue weighted by atomic mass is 16.5. The Hall–Kier alpha value is -3.18. The third kappa shape index (κ3) is 5.42. The fraction of sp³-hybridized carbons (Fsp3) is 0.429. The lowest BCUT2D eigenvalue weighted by atomic mass is 9.90. The normalized spacial score (nSPS) is 18.6. The molecule has 2 heterocycles. The van der Waals surface area contributed by atoms with Crippen LogP contribution in [0.25, 0.3) is 0 Å². The van der Waals surface area contributed by atoms with Crippen molar-refractivity contribution >= 4 is 11.9 Å². The summed E-state index contributed by atoms with van der Waals surface area (Å²) in [6, 6.07) is 9.56. The van der Waals surface area contributed by atoms with Crippen LogP contribution in [0.15, 0.2) is 36.8 Å². The molecule has 29 heavy (non-hydrogen) atoms. The Kier molecular flexibility index (Phi) is 6.98. The van der Waals surface area contributed by atoms with Crippen molar-refractivity contribution in [2.75, 3.05) is 26.7 Å². The Morgan fingerprint density at radius 1 is 1.31 bits per heavy atom. The molecule has 152 valence electrons. The van der Waals surface area contributed by atoms with Crippen molar-refractivity contribution in [3.8, 4) is 6.07 Å². The zero-order valence-corrected chi connectivity index (χ0v) is 16.4. The van der Waals surface area contributed by atoms with E-state index >= 15 is 0 Å². The van der Waals surface area contributed by atoms with Crippen molar-refractivity contribution in [3.63, 3.8) is 0 Å². The standard InChI is InChI=1S/C21H25N5O3/c1-29-21(28)18-8-17(10-23-11-18)20(27)25-7-6-19-12-24-14-26(19)13-16-4-2-15(9-22)3-5-16/h2-5,12,14,17-18,23H,6-8,10-11,13H2,1H3,(H,25,27)/t17-,18+/m1/s1. The van der Waals surface area contributed by atoms with E-state index in [0.717, 1.165) is 11.3 Å². The van der Waals surface area contributed by atoms with Crippen LogP contribution in [0, 0.1) is 23.2 Å². The maximum Gasteiger partial charge on any atom is 0.309 e. The quantitative estimate of drug-likeness (QED) is 0.673. The summed E-state index contributed by atoms with van der Waals surface area (Å²) in [6.45, 7) is 2.26. The molecular formula is C21H25N5O3. The van der Waals surface area contributed by atoms with Gasteiger partial charge in [0.05, 0.1) is 36.9 Å². The van der Waals surface area contributed by atoms with Crippen LogP contribution in [0.4, 0.5) is 0 Å². The van der Waals surface area contributed by atoms with Crippen LogP contribution in [-0.2, 0) is 27.3 Å². The number of nitrogens with one attached hydrogen (secondary N) is 2. The van der Waals surface area contributed by atoms with Gasteiger partial charge in [0, 0.05) is 44.5 Å². The van der Waals surface area contributed by atoms with E-state index in [0.29, 0.717) is 44.6 Å². The minimum atomic E-state index is -0.279. The lowest BCUT2D eigenvalue weighted by Gasteiger charge is -2.27. The van der Waals surface area contributed by atoms with Crippen molar-refractivity contribution in [2.45, 2.75) is 19.4 Å². The first-order valence-corrected chi connectivity index (χ1v) is 9.65. The molecule has 8 nitrogen and oxygen atoms in total. The predicted molar refractivity (Wildman–Crippen MR) is 106 cm³/mol. The zero-order chi connectivity index (χ0) is 20.6. The molecule has 1 fully saturated rings. The number of hydrogen-bond acceptors (Lipinski definition) is 6. The number of benzene rings is 1. The molecule has 0 radical (unpaired) electrons. The Balaban J connectivity index is 1.49. The van der Waals surface area contributed by atoms with Crippen LogP contribution in [0.2, 0.25) is 0 Å². The number of esters is 1. The summed E-state index contributed by atoms with van der Waals surface area (Å²) in [4.78, 5) is 28.4. The highest BCUT2D eigenvalue weighted by molar-refractivity contribution is 5.80. The third-order valence-electron chi connectivity index (χ3n) is 5.17. The number of carbonyl (C=O) groups excluding carboxylic acids is 2. The summed E-state index contributed by atoms with van der Waals surface area (Å²) >= 11 is 0. The van der Waals surface area contributed by atoms with E-state index in [1.54, 1.807) is 24.7 Å². The molecule has 0 aliphatic carbocycles. The summed E-state index contributed by atoms with van der Waals surface area (Å²) in [5, 5.41) is 15.0. The average Bonchev–Trinajstić information content (AvgIpc) is 3.20. The molecule has 0 saturated carbocycles. The first-order valence-electron chi connectivity index (χ1n) is 9.65. The van der Waals surface area contributed by atoms with Gasteiger partial charge in [0.2, 0.25) is 5.91 Å². The number of nitriles is 1. The molecule has 2 atom stereocenters. The van der Waals surface area contributed by atoms with E-state index in [2.05, 4.69) is 21.7 Å². The number of amides is 1. The number of aromatic nitrogens is 2. The number of hydrogen-bond donors (Lipinski definition) is 2. The van der Waals surface area contributed by atoms with Crippen LogP contribution in [0.1, 0.15) is 23.2 Å². The molecule has 1 saturated heterocycles.